The molecular formula is C35H42F4N4O3. The van der Waals surface area contributed by atoms with E-state index in [1.807, 2.05) is 36.4 Å². The van der Waals surface area contributed by atoms with E-state index in [4.69, 9.17) is 9.90 Å². The van der Waals surface area contributed by atoms with E-state index in [2.05, 4.69) is 52.5 Å². The lowest BCUT2D eigenvalue weighted by Gasteiger charge is -2.31. The van der Waals surface area contributed by atoms with Gasteiger partial charge in [0.15, 0.2) is 0 Å². The van der Waals surface area contributed by atoms with Crippen LogP contribution >= 0.6 is 0 Å². The number of alkyl halides is 3. The molecule has 0 radical (unpaired) electrons. The summed E-state index contributed by atoms with van der Waals surface area (Å²) in [6.07, 6.45) is -2.61. The monoisotopic (exact) mass is 642 g/mol. The summed E-state index contributed by atoms with van der Waals surface area (Å²) in [6, 6.07) is 21.6. The zero-order valence-electron chi connectivity index (χ0n) is 26.2. The predicted molar refractivity (Wildman–Crippen MR) is 170 cm³/mol. The Morgan fingerprint density at radius 2 is 1.54 bits per heavy atom. The zero-order chi connectivity index (χ0) is 33.3. The third-order valence-corrected chi connectivity index (χ3v) is 8.30. The topological polar surface area (TPSA) is 84.9 Å². The summed E-state index contributed by atoms with van der Waals surface area (Å²) in [6.45, 7) is 11.8. The number of hydrogen-bond acceptors (Lipinski definition) is 5. The second-order valence-electron chi connectivity index (χ2n) is 12.2. The summed E-state index contributed by atoms with van der Waals surface area (Å²) in [5.74, 6) is -2.32. The lowest BCUT2D eigenvalue weighted by Crippen LogP contribution is -2.48. The molecule has 0 bridgehead atoms. The van der Waals surface area contributed by atoms with Gasteiger partial charge >= 0.3 is 12.1 Å². The van der Waals surface area contributed by atoms with Gasteiger partial charge in [0.25, 0.3) is 5.91 Å². The van der Waals surface area contributed by atoms with Crippen LogP contribution in [0.5, 0.6) is 0 Å². The number of piperidine rings is 1. The highest BCUT2D eigenvalue weighted by Gasteiger charge is 2.38. The molecule has 0 aliphatic carbocycles. The average molecular weight is 643 g/mol. The summed E-state index contributed by atoms with van der Waals surface area (Å²) in [5, 5.41) is 13.6. The van der Waals surface area contributed by atoms with Gasteiger partial charge in [-0.05, 0) is 91.4 Å². The standard InChI is InChI=1S/C33H41FN4O.C2HF3O2/c1-24-11-14-37(15-12-24)22-28-6-4-8-30(18-28)33(39)36-20-26-9-10-32(34)31(19-26)29-7-3-5-27(17-29)23-38-16-13-35-25(2)21-38;3-2(4,5)1(6)7/h3-10,17-19,24-25,35H,11-16,20-23H2,1-2H3,(H,36,39);(H,6,7)/t25-;/m0./s1. The molecule has 46 heavy (non-hydrogen) atoms. The molecule has 11 heteroatoms. The number of nitrogens with one attached hydrogen (secondary N) is 2. The number of amides is 1. The minimum atomic E-state index is -5.08. The Morgan fingerprint density at radius 3 is 2.22 bits per heavy atom. The number of nitrogens with zero attached hydrogens (tertiary/aromatic N) is 2. The number of hydrogen-bond donors (Lipinski definition) is 3. The smallest absolute Gasteiger partial charge is 0.475 e. The molecule has 2 aliphatic heterocycles. The van der Waals surface area contributed by atoms with Gasteiger partial charge in [-0.3, -0.25) is 14.6 Å². The van der Waals surface area contributed by atoms with Gasteiger partial charge in [-0.25, -0.2) is 9.18 Å². The van der Waals surface area contributed by atoms with Crippen molar-refractivity contribution in [1.82, 2.24) is 20.4 Å². The molecule has 0 aromatic heterocycles. The van der Waals surface area contributed by atoms with E-state index in [-0.39, 0.29) is 11.7 Å². The zero-order valence-corrected chi connectivity index (χ0v) is 26.2. The van der Waals surface area contributed by atoms with Crippen LogP contribution in [0.3, 0.4) is 0 Å². The van der Waals surface area contributed by atoms with Crippen molar-refractivity contribution in [2.24, 2.45) is 5.92 Å². The number of likely N-dealkylation sites (tertiary alicyclic amines) is 1. The maximum atomic E-state index is 14.9. The van der Waals surface area contributed by atoms with Crippen LogP contribution in [0.1, 0.15) is 53.7 Å². The number of carbonyl (C=O) groups excluding carboxylic acids is 1. The lowest BCUT2D eigenvalue weighted by atomic mass is 9.98. The largest absolute Gasteiger partial charge is 0.490 e. The van der Waals surface area contributed by atoms with E-state index in [0.717, 1.165) is 68.4 Å². The minimum Gasteiger partial charge on any atom is -0.475 e. The molecule has 7 nitrogen and oxygen atoms in total. The van der Waals surface area contributed by atoms with Crippen molar-refractivity contribution in [2.45, 2.75) is 58.5 Å². The number of piperazine rings is 1. The van der Waals surface area contributed by atoms with Crippen molar-refractivity contribution in [1.29, 1.82) is 0 Å². The Labute approximate surface area is 267 Å². The number of carbonyl (C=O) groups is 2. The van der Waals surface area contributed by atoms with Crippen LogP contribution in [0.2, 0.25) is 0 Å². The van der Waals surface area contributed by atoms with E-state index in [0.29, 0.717) is 23.7 Å². The fourth-order valence-electron chi connectivity index (χ4n) is 5.73. The third-order valence-electron chi connectivity index (χ3n) is 8.30. The fourth-order valence-corrected chi connectivity index (χ4v) is 5.73. The van der Waals surface area contributed by atoms with E-state index < -0.39 is 12.1 Å². The number of aliphatic carboxylic acids is 1. The van der Waals surface area contributed by atoms with Crippen molar-refractivity contribution in [3.05, 3.63) is 94.8 Å². The third kappa shape index (κ3) is 10.6. The highest BCUT2D eigenvalue weighted by Crippen LogP contribution is 2.26. The molecule has 248 valence electrons. The van der Waals surface area contributed by atoms with Crippen molar-refractivity contribution in [3.8, 4) is 11.1 Å². The molecule has 2 heterocycles. The maximum absolute atomic E-state index is 14.9. The summed E-state index contributed by atoms with van der Waals surface area (Å²) < 4.78 is 46.6. The van der Waals surface area contributed by atoms with Crippen LogP contribution < -0.4 is 10.6 Å². The minimum absolute atomic E-state index is 0.109. The Balaban J connectivity index is 0.000000617. The second-order valence-corrected chi connectivity index (χ2v) is 12.2. The van der Waals surface area contributed by atoms with E-state index in [1.54, 1.807) is 6.07 Å². The first kappa shape index (κ1) is 35.1. The maximum Gasteiger partial charge on any atom is 0.490 e. The Bertz CT molecular complexity index is 1470. The number of benzene rings is 3. The van der Waals surface area contributed by atoms with E-state index >= 15 is 0 Å². The number of halogens is 4. The molecule has 3 aromatic carbocycles. The number of rotatable bonds is 8. The molecule has 1 atom stereocenters. The lowest BCUT2D eigenvalue weighted by molar-refractivity contribution is -0.192. The van der Waals surface area contributed by atoms with Crippen molar-refractivity contribution in [2.75, 3.05) is 32.7 Å². The van der Waals surface area contributed by atoms with Gasteiger partial charge in [0, 0.05) is 56.4 Å². The van der Waals surface area contributed by atoms with Gasteiger partial charge < -0.3 is 15.7 Å². The molecule has 0 saturated carbocycles. The van der Waals surface area contributed by atoms with Gasteiger partial charge in [-0.15, -0.1) is 0 Å². The van der Waals surface area contributed by atoms with Gasteiger partial charge in [0.2, 0.25) is 0 Å². The van der Waals surface area contributed by atoms with Crippen molar-refractivity contribution < 1.29 is 32.3 Å². The summed E-state index contributed by atoms with van der Waals surface area (Å²) >= 11 is 0. The molecule has 0 spiro atoms. The summed E-state index contributed by atoms with van der Waals surface area (Å²) in [5.41, 5.74) is 5.31. The van der Waals surface area contributed by atoms with E-state index in [9.17, 15) is 22.4 Å². The normalized spacial score (nSPS) is 18.0. The number of carboxylic acid groups (broad SMARTS) is 1. The summed E-state index contributed by atoms with van der Waals surface area (Å²) in [4.78, 5) is 26.8. The molecule has 3 N–H and O–H groups in total. The SMILES string of the molecule is CC1CCN(Cc2cccc(C(=O)NCc3ccc(F)c(-c4cccc(CN5CCN[C@@H](C)C5)c4)c3)c2)CC1.O=C(O)C(F)(F)F. The molecule has 3 aromatic rings. The highest BCUT2D eigenvalue weighted by molar-refractivity contribution is 5.94. The molecule has 5 rings (SSSR count). The molecule has 2 aliphatic rings. The van der Waals surface area contributed by atoms with Gasteiger partial charge in [0.05, 0.1) is 0 Å². The first-order valence-electron chi connectivity index (χ1n) is 15.6. The molecular weight excluding hydrogens is 600 g/mol. The molecule has 2 saturated heterocycles. The van der Waals surface area contributed by atoms with Crippen LogP contribution in [0.4, 0.5) is 17.6 Å². The van der Waals surface area contributed by atoms with Crippen LogP contribution in [0.15, 0.2) is 66.7 Å². The van der Waals surface area contributed by atoms with Crippen molar-refractivity contribution in [3.63, 3.8) is 0 Å². The van der Waals surface area contributed by atoms with Crippen molar-refractivity contribution >= 4 is 11.9 Å². The first-order chi connectivity index (χ1) is 21.9. The average Bonchev–Trinajstić information content (AvgIpc) is 3.02. The Hall–Kier alpha value is -3.80. The first-order valence-corrected chi connectivity index (χ1v) is 15.6. The predicted octanol–water partition coefficient (Wildman–Crippen LogP) is 6.08. The quantitative estimate of drug-likeness (QED) is 0.259. The van der Waals surface area contributed by atoms with Crippen LogP contribution in [-0.2, 0) is 24.4 Å². The van der Waals surface area contributed by atoms with Gasteiger partial charge in [0.1, 0.15) is 5.82 Å². The number of carboxylic acids is 1. The fraction of sp³-hybridized carbons (Fsp3) is 0.429. The van der Waals surface area contributed by atoms with Gasteiger partial charge in [-0.2, -0.15) is 13.2 Å². The Morgan fingerprint density at radius 1 is 0.891 bits per heavy atom. The van der Waals surface area contributed by atoms with Crippen LogP contribution in [0.25, 0.3) is 11.1 Å². The molecule has 1 amide bonds. The van der Waals surface area contributed by atoms with E-state index in [1.165, 1.54) is 24.5 Å². The van der Waals surface area contributed by atoms with Crippen LogP contribution in [0, 0.1) is 11.7 Å². The van der Waals surface area contributed by atoms with Gasteiger partial charge in [-0.1, -0.05) is 43.3 Å². The Kier molecular flexibility index (Phi) is 12.3. The molecule has 2 fully saturated rings. The highest BCUT2D eigenvalue weighted by atomic mass is 19.4. The second kappa shape index (κ2) is 16.2. The molecule has 0 unspecified atom stereocenters. The summed E-state index contributed by atoms with van der Waals surface area (Å²) in [7, 11) is 0. The van der Waals surface area contributed by atoms with Crippen LogP contribution in [-0.4, -0.2) is 71.7 Å².